The minimum Gasteiger partial charge on any atom is -0.369 e. The zero-order chi connectivity index (χ0) is 23.0. The summed E-state index contributed by atoms with van der Waals surface area (Å²) in [4.78, 5) is 21.9. The summed E-state index contributed by atoms with van der Waals surface area (Å²) in [6.07, 6.45) is 3.88. The number of nitrogens with zero attached hydrogens (tertiary/aromatic N) is 3. The number of nitrogens with one attached hydrogen (secondary N) is 3. The Morgan fingerprint density at radius 3 is 2.79 bits per heavy atom. The molecule has 0 spiro atoms. The molecule has 0 radical (unpaired) electrons. The first-order valence-electron chi connectivity index (χ1n) is 10.5. The molecular weight excluding hydrogens is 421 g/mol. The third-order valence-corrected chi connectivity index (χ3v) is 5.13. The number of H-pyrrole nitrogens is 1. The van der Waals surface area contributed by atoms with Crippen LogP contribution in [0, 0.1) is 5.82 Å². The zero-order valence-corrected chi connectivity index (χ0v) is 17.9. The molecule has 4 rings (SSSR count). The molecule has 1 amide bonds. The first kappa shape index (κ1) is 22.1. The van der Waals surface area contributed by atoms with Gasteiger partial charge < -0.3 is 16.4 Å². The number of benzene rings is 1. The molecule has 4 aromatic rings. The molecule has 0 saturated carbocycles. The van der Waals surface area contributed by atoms with Gasteiger partial charge >= 0.3 is 0 Å². The summed E-state index contributed by atoms with van der Waals surface area (Å²) in [5.74, 6) is -0.126. The number of rotatable bonds is 9. The number of pyridine rings is 2. The third kappa shape index (κ3) is 5.58. The van der Waals surface area contributed by atoms with Gasteiger partial charge in [0.2, 0.25) is 0 Å². The van der Waals surface area contributed by atoms with Crippen molar-refractivity contribution in [3.8, 4) is 11.4 Å². The van der Waals surface area contributed by atoms with Gasteiger partial charge in [0.25, 0.3) is 5.91 Å². The summed E-state index contributed by atoms with van der Waals surface area (Å²) in [5, 5.41) is 13.0. The van der Waals surface area contributed by atoms with E-state index < -0.39 is 0 Å². The molecular formula is C24H24FN7O. The van der Waals surface area contributed by atoms with Gasteiger partial charge in [0, 0.05) is 32.0 Å². The molecule has 0 bridgehead atoms. The molecule has 0 aliphatic rings. The monoisotopic (exact) mass is 445 g/mol. The van der Waals surface area contributed by atoms with E-state index in [-0.39, 0.29) is 11.7 Å². The molecule has 3 heterocycles. The molecule has 0 fully saturated rings. The Bertz CT molecular complexity index is 1230. The van der Waals surface area contributed by atoms with Crippen LogP contribution >= 0.6 is 0 Å². The molecule has 0 aliphatic carbocycles. The molecule has 0 aliphatic heterocycles. The van der Waals surface area contributed by atoms with E-state index in [0.29, 0.717) is 43.1 Å². The van der Waals surface area contributed by atoms with Gasteiger partial charge in [-0.25, -0.2) is 9.37 Å². The van der Waals surface area contributed by atoms with Gasteiger partial charge in [-0.3, -0.25) is 14.9 Å². The predicted molar refractivity (Wildman–Crippen MR) is 124 cm³/mol. The smallest absolute Gasteiger partial charge is 0.255 e. The molecule has 0 unspecified atom stereocenters. The normalized spacial score (nSPS) is 10.7. The summed E-state index contributed by atoms with van der Waals surface area (Å²) < 4.78 is 13.5. The van der Waals surface area contributed by atoms with Crippen molar-refractivity contribution in [3.63, 3.8) is 0 Å². The fourth-order valence-electron chi connectivity index (χ4n) is 3.43. The number of aromatic amines is 1. The fourth-order valence-corrected chi connectivity index (χ4v) is 3.43. The minimum atomic E-state index is -0.279. The Morgan fingerprint density at radius 1 is 1.09 bits per heavy atom. The van der Waals surface area contributed by atoms with Crippen molar-refractivity contribution in [1.82, 2.24) is 25.5 Å². The lowest BCUT2D eigenvalue weighted by Gasteiger charge is -2.14. The predicted octanol–water partition coefficient (Wildman–Crippen LogP) is 3.05. The number of carbonyl (C=O) groups is 1. The van der Waals surface area contributed by atoms with E-state index in [0.717, 1.165) is 22.5 Å². The number of hydrogen-bond donors (Lipinski definition) is 4. The zero-order valence-electron chi connectivity index (χ0n) is 17.9. The summed E-state index contributed by atoms with van der Waals surface area (Å²) in [6, 6.07) is 15.4. The molecule has 1 aromatic carbocycles. The van der Waals surface area contributed by atoms with Gasteiger partial charge in [-0.15, -0.1) is 0 Å². The molecule has 5 N–H and O–H groups in total. The number of aromatic nitrogens is 4. The summed E-state index contributed by atoms with van der Waals surface area (Å²) in [5.41, 5.74) is 9.97. The maximum Gasteiger partial charge on any atom is 0.255 e. The van der Waals surface area contributed by atoms with Crippen molar-refractivity contribution in [1.29, 1.82) is 0 Å². The summed E-state index contributed by atoms with van der Waals surface area (Å²) in [7, 11) is 0. The lowest BCUT2D eigenvalue weighted by molar-refractivity contribution is 0.0951. The van der Waals surface area contributed by atoms with E-state index in [1.54, 1.807) is 42.7 Å². The van der Waals surface area contributed by atoms with Crippen molar-refractivity contribution in [2.24, 2.45) is 5.73 Å². The van der Waals surface area contributed by atoms with Crippen molar-refractivity contribution in [2.45, 2.75) is 19.5 Å². The van der Waals surface area contributed by atoms with Crippen molar-refractivity contribution in [2.75, 3.05) is 11.9 Å². The van der Waals surface area contributed by atoms with Crippen molar-refractivity contribution in [3.05, 3.63) is 95.2 Å². The lowest BCUT2D eigenvalue weighted by Crippen LogP contribution is -2.25. The Balaban J connectivity index is 1.52. The molecule has 0 atom stereocenters. The highest BCUT2D eigenvalue weighted by Gasteiger charge is 2.15. The third-order valence-electron chi connectivity index (χ3n) is 5.13. The van der Waals surface area contributed by atoms with E-state index in [9.17, 15) is 9.18 Å². The number of amides is 1. The van der Waals surface area contributed by atoms with E-state index in [2.05, 4.69) is 30.8 Å². The molecule has 168 valence electrons. The maximum atomic E-state index is 13.5. The standard InChI is InChI=1S/C24H24FN7O/c25-18-5-1-3-16(13-18)8-11-28-23-19(6-7-20(31-23)21-9-12-30-32-21)24(33)29-15-17-4-2-10-27-22(17)14-26/h1-7,9-10,12-13H,8,11,14-15,26H2,(H,28,31)(H,29,33)(H,30,32). The van der Waals surface area contributed by atoms with Gasteiger partial charge in [-0.05, 0) is 53.9 Å². The van der Waals surface area contributed by atoms with Crippen LogP contribution in [0.25, 0.3) is 11.4 Å². The van der Waals surface area contributed by atoms with E-state index >= 15 is 0 Å². The fraction of sp³-hybridized carbons (Fsp3) is 0.167. The second-order valence-corrected chi connectivity index (χ2v) is 7.37. The van der Waals surface area contributed by atoms with Gasteiger partial charge in [-0.1, -0.05) is 18.2 Å². The minimum absolute atomic E-state index is 0.279. The molecule has 3 aromatic heterocycles. The first-order valence-corrected chi connectivity index (χ1v) is 10.5. The molecule has 8 nitrogen and oxygen atoms in total. The number of nitrogens with two attached hydrogens (primary N) is 1. The topological polar surface area (TPSA) is 122 Å². The Labute approximate surface area is 190 Å². The van der Waals surface area contributed by atoms with Gasteiger partial charge in [0.1, 0.15) is 11.6 Å². The van der Waals surface area contributed by atoms with Crippen LogP contribution in [0.5, 0.6) is 0 Å². The van der Waals surface area contributed by atoms with E-state index in [1.807, 2.05) is 12.1 Å². The van der Waals surface area contributed by atoms with Crippen LogP contribution in [-0.4, -0.2) is 32.6 Å². The van der Waals surface area contributed by atoms with E-state index in [4.69, 9.17) is 5.73 Å². The van der Waals surface area contributed by atoms with Crippen LogP contribution in [-0.2, 0) is 19.5 Å². The quantitative estimate of drug-likeness (QED) is 0.314. The second kappa shape index (κ2) is 10.5. The SMILES string of the molecule is NCc1ncccc1CNC(=O)c1ccc(-c2ccn[nH]2)nc1NCCc1cccc(F)c1. The van der Waals surface area contributed by atoms with Crippen molar-refractivity contribution < 1.29 is 9.18 Å². The first-order chi connectivity index (χ1) is 16.1. The Morgan fingerprint density at radius 2 is 2.00 bits per heavy atom. The number of carbonyl (C=O) groups excluding carboxylic acids is 1. The van der Waals surface area contributed by atoms with Crippen LogP contribution in [0.15, 0.2) is 67.0 Å². The summed E-state index contributed by atoms with van der Waals surface area (Å²) >= 11 is 0. The van der Waals surface area contributed by atoms with Crippen LogP contribution in [0.3, 0.4) is 0 Å². The lowest BCUT2D eigenvalue weighted by atomic mass is 10.1. The largest absolute Gasteiger partial charge is 0.369 e. The van der Waals surface area contributed by atoms with Gasteiger partial charge in [0.05, 0.1) is 22.6 Å². The number of hydrogen-bond acceptors (Lipinski definition) is 6. The molecule has 33 heavy (non-hydrogen) atoms. The van der Waals surface area contributed by atoms with Crippen molar-refractivity contribution >= 4 is 11.7 Å². The second-order valence-electron chi connectivity index (χ2n) is 7.37. The highest BCUT2D eigenvalue weighted by atomic mass is 19.1. The molecule has 9 heteroatoms. The van der Waals surface area contributed by atoms with Crippen LogP contribution < -0.4 is 16.4 Å². The Hall–Kier alpha value is -4.11. The van der Waals surface area contributed by atoms with Gasteiger partial charge in [0.15, 0.2) is 0 Å². The highest BCUT2D eigenvalue weighted by Crippen LogP contribution is 2.21. The molecule has 0 saturated heterocycles. The van der Waals surface area contributed by atoms with Crippen LogP contribution in [0.4, 0.5) is 10.2 Å². The number of anilines is 1. The average Bonchev–Trinajstić information content (AvgIpc) is 3.38. The van der Waals surface area contributed by atoms with Crippen LogP contribution in [0.1, 0.15) is 27.2 Å². The van der Waals surface area contributed by atoms with Crippen LogP contribution in [0.2, 0.25) is 0 Å². The van der Waals surface area contributed by atoms with E-state index in [1.165, 1.54) is 12.1 Å². The maximum absolute atomic E-state index is 13.5. The number of halogens is 1. The Kier molecular flexibility index (Phi) is 7.01. The summed E-state index contributed by atoms with van der Waals surface area (Å²) in [6.45, 7) is 1.06. The highest BCUT2D eigenvalue weighted by molar-refractivity contribution is 5.99. The van der Waals surface area contributed by atoms with Gasteiger partial charge in [-0.2, -0.15) is 5.10 Å². The average molecular weight is 446 g/mol.